The first kappa shape index (κ1) is 13.7. The summed E-state index contributed by atoms with van der Waals surface area (Å²) in [6.07, 6.45) is 1.50. The average Bonchev–Trinajstić information content (AvgIpc) is 2.35. The van der Waals surface area contributed by atoms with Gasteiger partial charge in [-0.3, -0.25) is 0 Å². The summed E-state index contributed by atoms with van der Waals surface area (Å²) in [5, 5.41) is 0.134. The molecule has 0 aliphatic carbocycles. The van der Waals surface area contributed by atoms with Crippen molar-refractivity contribution in [3.8, 4) is 0 Å². The van der Waals surface area contributed by atoms with Crippen molar-refractivity contribution in [3.05, 3.63) is 58.8 Å². The molecule has 0 spiro atoms. The fraction of sp³-hybridized carbons (Fsp3) is 0.267. The minimum atomic E-state index is -3.38. The number of rotatable bonds is 3. The molecule has 0 aliphatic heterocycles. The van der Waals surface area contributed by atoms with Gasteiger partial charge < -0.3 is 0 Å². The number of sulfone groups is 1. The van der Waals surface area contributed by atoms with E-state index in [0.717, 1.165) is 22.3 Å². The van der Waals surface area contributed by atoms with Crippen molar-refractivity contribution >= 4 is 9.84 Å². The average molecular weight is 275 g/mol. The van der Waals surface area contributed by atoms with Gasteiger partial charge in [0.2, 0.25) is 0 Å². The second kappa shape index (κ2) is 5.13. The number of pyridine rings is 1. The molecule has 0 saturated heterocycles. The summed E-state index contributed by atoms with van der Waals surface area (Å²) in [6, 6.07) is 8.96. The van der Waals surface area contributed by atoms with Gasteiger partial charge in [0.25, 0.3) is 0 Å². The Kier molecular flexibility index (Phi) is 3.71. The van der Waals surface area contributed by atoms with Crippen LogP contribution in [0.4, 0.5) is 0 Å². The Hall–Kier alpha value is -1.68. The van der Waals surface area contributed by atoms with E-state index < -0.39 is 9.84 Å². The third-order valence-electron chi connectivity index (χ3n) is 3.13. The quantitative estimate of drug-likeness (QED) is 0.865. The van der Waals surface area contributed by atoms with Crippen LogP contribution in [0.15, 0.2) is 41.6 Å². The van der Waals surface area contributed by atoms with E-state index in [4.69, 9.17) is 0 Å². The molecule has 2 aromatic rings. The van der Waals surface area contributed by atoms with Crippen molar-refractivity contribution in [2.75, 3.05) is 0 Å². The van der Waals surface area contributed by atoms with Gasteiger partial charge in [0.15, 0.2) is 14.9 Å². The van der Waals surface area contributed by atoms with Gasteiger partial charge >= 0.3 is 0 Å². The summed E-state index contributed by atoms with van der Waals surface area (Å²) >= 11 is 0. The van der Waals surface area contributed by atoms with Crippen molar-refractivity contribution in [3.63, 3.8) is 0 Å². The molecule has 4 heteroatoms. The van der Waals surface area contributed by atoms with Crippen LogP contribution in [-0.2, 0) is 15.6 Å². The first-order valence-electron chi connectivity index (χ1n) is 6.10. The highest BCUT2D eigenvalue weighted by Crippen LogP contribution is 2.21. The minimum absolute atomic E-state index is 0.00194. The molecule has 0 aliphatic rings. The SMILES string of the molecule is Cc1cc(C)c(CS(=O)(=O)c2ccccn2)c(C)c1. The molecule has 0 saturated carbocycles. The Bertz CT molecular complexity index is 668. The molecule has 0 radical (unpaired) electrons. The van der Waals surface area contributed by atoms with Crippen molar-refractivity contribution in [1.29, 1.82) is 0 Å². The van der Waals surface area contributed by atoms with Crippen molar-refractivity contribution in [2.45, 2.75) is 31.6 Å². The zero-order chi connectivity index (χ0) is 14.0. The van der Waals surface area contributed by atoms with Gasteiger partial charge in [-0.15, -0.1) is 0 Å². The molecule has 0 fully saturated rings. The Balaban J connectivity index is 2.42. The molecular weight excluding hydrogens is 258 g/mol. The van der Waals surface area contributed by atoms with Crippen LogP contribution in [0.5, 0.6) is 0 Å². The monoisotopic (exact) mass is 275 g/mol. The fourth-order valence-electron chi connectivity index (χ4n) is 2.23. The topological polar surface area (TPSA) is 47.0 Å². The van der Waals surface area contributed by atoms with Crippen LogP contribution in [0.2, 0.25) is 0 Å². The normalized spacial score (nSPS) is 11.5. The van der Waals surface area contributed by atoms with E-state index in [2.05, 4.69) is 4.98 Å². The number of benzene rings is 1. The van der Waals surface area contributed by atoms with Crippen LogP contribution in [0.3, 0.4) is 0 Å². The Morgan fingerprint density at radius 3 is 2.21 bits per heavy atom. The third-order valence-corrected chi connectivity index (χ3v) is 4.68. The highest BCUT2D eigenvalue weighted by Gasteiger charge is 2.18. The zero-order valence-electron chi connectivity index (χ0n) is 11.3. The molecule has 0 unspecified atom stereocenters. The molecule has 1 heterocycles. The Morgan fingerprint density at radius 1 is 1.05 bits per heavy atom. The first-order valence-corrected chi connectivity index (χ1v) is 7.76. The van der Waals surface area contributed by atoms with Gasteiger partial charge in [-0.1, -0.05) is 23.8 Å². The molecule has 0 N–H and O–H groups in total. The summed E-state index contributed by atoms with van der Waals surface area (Å²) < 4.78 is 24.7. The lowest BCUT2D eigenvalue weighted by atomic mass is 10.0. The van der Waals surface area contributed by atoms with Crippen LogP contribution in [-0.4, -0.2) is 13.4 Å². The molecule has 100 valence electrons. The van der Waals surface area contributed by atoms with E-state index >= 15 is 0 Å². The van der Waals surface area contributed by atoms with Gasteiger partial charge in [-0.25, -0.2) is 13.4 Å². The van der Waals surface area contributed by atoms with Gasteiger partial charge in [0.05, 0.1) is 5.75 Å². The van der Waals surface area contributed by atoms with Crippen LogP contribution >= 0.6 is 0 Å². The van der Waals surface area contributed by atoms with Crippen molar-refractivity contribution in [1.82, 2.24) is 4.98 Å². The van der Waals surface area contributed by atoms with Crippen LogP contribution < -0.4 is 0 Å². The van der Waals surface area contributed by atoms with E-state index in [1.807, 2.05) is 32.9 Å². The predicted octanol–water partition coefficient (Wildman–Crippen LogP) is 2.98. The molecule has 0 atom stereocenters. The zero-order valence-corrected chi connectivity index (χ0v) is 12.2. The molecule has 2 rings (SSSR count). The lowest BCUT2D eigenvalue weighted by molar-refractivity contribution is 0.591. The van der Waals surface area contributed by atoms with Gasteiger partial charge in [-0.05, 0) is 49.6 Å². The maximum Gasteiger partial charge on any atom is 0.199 e. The minimum Gasteiger partial charge on any atom is -0.245 e. The van der Waals surface area contributed by atoms with Crippen molar-refractivity contribution in [2.24, 2.45) is 0 Å². The van der Waals surface area contributed by atoms with Gasteiger partial charge in [0, 0.05) is 6.20 Å². The van der Waals surface area contributed by atoms with E-state index in [1.54, 1.807) is 12.1 Å². The second-order valence-electron chi connectivity index (χ2n) is 4.80. The molecule has 3 nitrogen and oxygen atoms in total. The summed E-state index contributed by atoms with van der Waals surface area (Å²) in [4.78, 5) is 3.94. The molecule has 1 aromatic heterocycles. The van der Waals surface area contributed by atoms with Crippen LogP contribution in [0.1, 0.15) is 22.3 Å². The molecule has 0 amide bonds. The smallest absolute Gasteiger partial charge is 0.199 e. The number of aryl methyl sites for hydroxylation is 3. The Labute approximate surface area is 114 Å². The summed E-state index contributed by atoms with van der Waals surface area (Å²) in [6.45, 7) is 5.91. The van der Waals surface area contributed by atoms with E-state index in [9.17, 15) is 8.42 Å². The molecular formula is C15H17NO2S. The molecule has 19 heavy (non-hydrogen) atoms. The Morgan fingerprint density at radius 2 is 1.68 bits per heavy atom. The van der Waals surface area contributed by atoms with Crippen LogP contribution in [0.25, 0.3) is 0 Å². The molecule has 0 bridgehead atoms. The number of hydrogen-bond acceptors (Lipinski definition) is 3. The summed E-state index contributed by atoms with van der Waals surface area (Å²) in [5.41, 5.74) is 4.04. The predicted molar refractivity (Wildman–Crippen MR) is 75.8 cm³/mol. The van der Waals surface area contributed by atoms with Gasteiger partial charge in [-0.2, -0.15) is 0 Å². The number of aromatic nitrogens is 1. The third kappa shape index (κ3) is 3.01. The second-order valence-corrected chi connectivity index (χ2v) is 6.74. The van der Waals surface area contributed by atoms with E-state index in [1.165, 1.54) is 12.3 Å². The largest absolute Gasteiger partial charge is 0.245 e. The van der Waals surface area contributed by atoms with E-state index in [0.29, 0.717) is 0 Å². The van der Waals surface area contributed by atoms with E-state index in [-0.39, 0.29) is 10.8 Å². The standard InChI is InChI=1S/C15H17NO2S/c1-11-8-12(2)14(13(3)9-11)10-19(17,18)15-6-4-5-7-16-15/h4-9H,10H2,1-3H3. The highest BCUT2D eigenvalue weighted by atomic mass is 32.2. The summed E-state index contributed by atoms with van der Waals surface area (Å²) in [7, 11) is -3.38. The molecule has 1 aromatic carbocycles. The number of hydrogen-bond donors (Lipinski definition) is 0. The first-order chi connectivity index (χ1) is 8.90. The maximum atomic E-state index is 12.3. The lowest BCUT2D eigenvalue weighted by Crippen LogP contribution is -2.09. The highest BCUT2D eigenvalue weighted by molar-refractivity contribution is 7.90. The summed E-state index contributed by atoms with van der Waals surface area (Å²) in [5.74, 6) is 0.00194. The van der Waals surface area contributed by atoms with Crippen LogP contribution in [0, 0.1) is 20.8 Å². The lowest BCUT2D eigenvalue weighted by Gasteiger charge is -2.11. The van der Waals surface area contributed by atoms with Gasteiger partial charge in [0.1, 0.15) is 0 Å². The van der Waals surface area contributed by atoms with Crippen molar-refractivity contribution < 1.29 is 8.42 Å². The maximum absolute atomic E-state index is 12.3. The fourth-order valence-corrected chi connectivity index (χ4v) is 3.72. The number of nitrogens with zero attached hydrogens (tertiary/aromatic N) is 1.